The predicted molar refractivity (Wildman–Crippen MR) is 236 cm³/mol. The molecule has 10 aromatic rings. The monoisotopic (exact) mass is 741 g/mol. The summed E-state index contributed by atoms with van der Waals surface area (Å²) in [6.07, 6.45) is 1.93. The van der Waals surface area contributed by atoms with Gasteiger partial charge in [0.1, 0.15) is 0 Å². The smallest absolute Gasteiger partial charge is 0.160 e. The van der Waals surface area contributed by atoms with Crippen LogP contribution in [0.1, 0.15) is 0 Å². The van der Waals surface area contributed by atoms with Crippen molar-refractivity contribution in [2.45, 2.75) is 0 Å². The molecule has 0 aliphatic carbocycles. The average molecular weight is 742 g/mol. The van der Waals surface area contributed by atoms with Gasteiger partial charge in [-0.05, 0) is 64.2 Å². The van der Waals surface area contributed by atoms with Gasteiger partial charge in [0.25, 0.3) is 0 Å². The van der Waals surface area contributed by atoms with Crippen LogP contribution in [0.2, 0.25) is 0 Å². The Morgan fingerprint density at radius 3 is 1.33 bits per heavy atom. The second-order valence-corrected chi connectivity index (χ2v) is 14.2. The number of hydrogen-bond donors (Lipinski definition) is 0. The van der Waals surface area contributed by atoms with Gasteiger partial charge in [-0.2, -0.15) is 0 Å². The highest BCUT2D eigenvalue weighted by Gasteiger charge is 2.14. The van der Waals surface area contributed by atoms with Crippen molar-refractivity contribution >= 4 is 10.9 Å². The van der Waals surface area contributed by atoms with Gasteiger partial charge in [-0.25, -0.2) is 19.9 Å². The molecule has 0 N–H and O–H groups in total. The molecule has 6 aromatic carbocycles. The van der Waals surface area contributed by atoms with E-state index in [2.05, 4.69) is 127 Å². The van der Waals surface area contributed by atoms with Crippen LogP contribution in [0, 0.1) is 0 Å². The number of hydrogen-bond acceptors (Lipinski definition) is 5. The highest BCUT2D eigenvalue weighted by molar-refractivity contribution is 5.83. The molecule has 0 atom stereocenters. The normalized spacial score (nSPS) is 11.1. The van der Waals surface area contributed by atoms with Gasteiger partial charge < -0.3 is 0 Å². The molecule has 0 spiro atoms. The topological polar surface area (TPSA) is 64.5 Å². The molecule has 272 valence electrons. The predicted octanol–water partition coefficient (Wildman–Crippen LogP) is 13.2. The van der Waals surface area contributed by atoms with Crippen LogP contribution in [0.3, 0.4) is 0 Å². The Bertz CT molecular complexity index is 2950. The lowest BCUT2D eigenvalue weighted by Gasteiger charge is -2.11. The zero-order chi connectivity index (χ0) is 38.7. The van der Waals surface area contributed by atoms with Crippen LogP contribution in [0.4, 0.5) is 0 Å². The lowest BCUT2D eigenvalue weighted by Crippen LogP contribution is -1.95. The Balaban J connectivity index is 0.913. The lowest BCUT2D eigenvalue weighted by molar-refractivity contribution is 1.18. The minimum Gasteiger partial charge on any atom is -0.254 e. The lowest BCUT2D eigenvalue weighted by atomic mass is 9.99. The minimum absolute atomic E-state index is 0.708. The van der Waals surface area contributed by atoms with Crippen molar-refractivity contribution in [1.29, 1.82) is 0 Å². The van der Waals surface area contributed by atoms with Gasteiger partial charge in [-0.3, -0.25) is 4.98 Å². The van der Waals surface area contributed by atoms with E-state index in [9.17, 15) is 0 Å². The molecule has 0 aliphatic rings. The van der Waals surface area contributed by atoms with Crippen molar-refractivity contribution in [1.82, 2.24) is 24.9 Å². The molecule has 5 heteroatoms. The third-order valence-electron chi connectivity index (χ3n) is 10.4. The number of rotatable bonds is 8. The first kappa shape index (κ1) is 34.6. The van der Waals surface area contributed by atoms with E-state index < -0.39 is 0 Å². The Kier molecular flexibility index (Phi) is 9.14. The zero-order valence-electron chi connectivity index (χ0n) is 31.4. The van der Waals surface area contributed by atoms with Gasteiger partial charge >= 0.3 is 0 Å². The average Bonchev–Trinajstić information content (AvgIpc) is 3.32. The number of benzene rings is 6. The molecule has 0 saturated heterocycles. The summed E-state index contributed by atoms with van der Waals surface area (Å²) >= 11 is 0. The van der Waals surface area contributed by atoms with Crippen molar-refractivity contribution in [2.24, 2.45) is 0 Å². The van der Waals surface area contributed by atoms with Crippen LogP contribution in [0.25, 0.3) is 101 Å². The van der Waals surface area contributed by atoms with E-state index in [1.807, 2.05) is 85.1 Å². The summed E-state index contributed by atoms with van der Waals surface area (Å²) in [6, 6.07) is 70.8. The standard InChI is InChI=1S/C53H35N5/c1-4-12-36(13-5-1)45-32-51(56-52(33-45)48-31-28-41-16-10-11-19-46(41)55-48)47-30-29-44(35-54-47)39-22-20-37(21-23-39)38-24-26-42(27-25-38)50-34-49(40-14-6-2-7-15-40)57-53(58-50)43-17-8-3-9-18-43/h1-35H. The van der Waals surface area contributed by atoms with E-state index in [1.54, 1.807) is 0 Å². The van der Waals surface area contributed by atoms with Crippen LogP contribution in [-0.2, 0) is 0 Å². The molecule has 5 nitrogen and oxygen atoms in total. The van der Waals surface area contributed by atoms with Crippen molar-refractivity contribution in [3.63, 3.8) is 0 Å². The third kappa shape index (κ3) is 7.16. The summed E-state index contributed by atoms with van der Waals surface area (Å²) in [5.74, 6) is 0.708. The van der Waals surface area contributed by atoms with E-state index in [1.165, 1.54) is 0 Å². The van der Waals surface area contributed by atoms with Crippen LogP contribution in [-0.4, -0.2) is 24.9 Å². The number of aromatic nitrogens is 5. The van der Waals surface area contributed by atoms with Crippen molar-refractivity contribution in [3.05, 3.63) is 212 Å². The second kappa shape index (κ2) is 15.3. The van der Waals surface area contributed by atoms with Crippen LogP contribution >= 0.6 is 0 Å². The van der Waals surface area contributed by atoms with Crippen LogP contribution in [0.15, 0.2) is 212 Å². The molecule has 0 aliphatic heterocycles. The molecule has 0 bridgehead atoms. The maximum atomic E-state index is 5.08. The molecule has 0 amide bonds. The van der Waals surface area contributed by atoms with Crippen LogP contribution < -0.4 is 0 Å². The summed E-state index contributed by atoms with van der Waals surface area (Å²) in [4.78, 5) is 24.9. The SMILES string of the molecule is c1ccc(-c2cc(-c3ccc(-c4ccc(-c5ccc(-c6cc(-c7ccccc7)nc(-c7ccccc7)n6)cc5)cc4)cn3)nc(-c3ccc4ccccc4n3)c2)cc1. The summed E-state index contributed by atoms with van der Waals surface area (Å²) in [5.41, 5.74) is 15.6. The Labute approximate surface area is 337 Å². The first-order valence-electron chi connectivity index (χ1n) is 19.3. The molecule has 10 rings (SSSR count). The number of para-hydroxylation sites is 1. The molecular formula is C53H35N5. The van der Waals surface area contributed by atoms with Crippen LogP contribution in [0.5, 0.6) is 0 Å². The fraction of sp³-hybridized carbons (Fsp3) is 0. The van der Waals surface area contributed by atoms with Crippen molar-refractivity contribution in [3.8, 4) is 90.1 Å². The van der Waals surface area contributed by atoms with Gasteiger partial charge in [0, 0.05) is 33.8 Å². The fourth-order valence-electron chi connectivity index (χ4n) is 7.27. The van der Waals surface area contributed by atoms with Gasteiger partial charge in [-0.15, -0.1) is 0 Å². The van der Waals surface area contributed by atoms with Gasteiger partial charge in [0.15, 0.2) is 5.82 Å². The summed E-state index contributed by atoms with van der Waals surface area (Å²) in [5, 5.41) is 1.10. The van der Waals surface area contributed by atoms with E-state index in [0.717, 1.165) is 95.1 Å². The molecular weight excluding hydrogens is 707 g/mol. The summed E-state index contributed by atoms with van der Waals surface area (Å²) < 4.78 is 0. The maximum Gasteiger partial charge on any atom is 0.160 e. The van der Waals surface area contributed by atoms with E-state index in [-0.39, 0.29) is 0 Å². The quantitative estimate of drug-likeness (QED) is 0.155. The van der Waals surface area contributed by atoms with Crippen molar-refractivity contribution < 1.29 is 0 Å². The third-order valence-corrected chi connectivity index (χ3v) is 10.4. The van der Waals surface area contributed by atoms with Gasteiger partial charge in [-0.1, -0.05) is 170 Å². The number of nitrogens with zero attached hydrogens (tertiary/aromatic N) is 5. The number of pyridine rings is 3. The van der Waals surface area contributed by atoms with Gasteiger partial charge in [0.2, 0.25) is 0 Å². The largest absolute Gasteiger partial charge is 0.254 e. The highest BCUT2D eigenvalue weighted by Crippen LogP contribution is 2.33. The number of fused-ring (bicyclic) bond motifs is 1. The Hall–Kier alpha value is -7.89. The molecule has 0 saturated carbocycles. The first-order chi connectivity index (χ1) is 28.7. The second-order valence-electron chi connectivity index (χ2n) is 14.2. The first-order valence-corrected chi connectivity index (χ1v) is 19.3. The van der Waals surface area contributed by atoms with Gasteiger partial charge in [0.05, 0.1) is 39.7 Å². The Morgan fingerprint density at radius 2 is 0.707 bits per heavy atom. The highest BCUT2D eigenvalue weighted by atomic mass is 14.9. The maximum absolute atomic E-state index is 5.08. The molecule has 4 aromatic heterocycles. The van der Waals surface area contributed by atoms with E-state index >= 15 is 0 Å². The molecule has 4 heterocycles. The fourth-order valence-corrected chi connectivity index (χ4v) is 7.27. The molecule has 0 fully saturated rings. The van der Waals surface area contributed by atoms with E-state index in [0.29, 0.717) is 5.82 Å². The molecule has 58 heavy (non-hydrogen) atoms. The minimum atomic E-state index is 0.708. The molecule has 0 unspecified atom stereocenters. The van der Waals surface area contributed by atoms with Crippen molar-refractivity contribution in [2.75, 3.05) is 0 Å². The zero-order valence-corrected chi connectivity index (χ0v) is 31.4. The summed E-state index contributed by atoms with van der Waals surface area (Å²) in [6.45, 7) is 0. The summed E-state index contributed by atoms with van der Waals surface area (Å²) in [7, 11) is 0. The Morgan fingerprint density at radius 1 is 0.241 bits per heavy atom. The molecule has 0 radical (unpaired) electrons. The van der Waals surface area contributed by atoms with E-state index in [4.69, 9.17) is 24.9 Å².